The molecule has 0 spiro atoms. The minimum Gasteiger partial charge on any atom is -0.465 e. The molecule has 144 valence electrons. The van der Waals surface area contributed by atoms with Crippen molar-refractivity contribution in [3.63, 3.8) is 0 Å². The minimum atomic E-state index is -4.43. The lowest BCUT2D eigenvalue weighted by molar-refractivity contribution is -0.176. The first-order valence-corrected chi connectivity index (χ1v) is 9.11. The predicted octanol–water partition coefficient (Wildman–Crippen LogP) is 4.54. The number of benzene rings is 1. The maximum absolute atomic E-state index is 13.1. The highest BCUT2D eigenvalue weighted by atomic mass is 79.9. The number of halogens is 4. The number of carbonyl (C=O) groups is 2. The number of hydrogen-bond donors (Lipinski definition) is 0. The van der Waals surface area contributed by atoms with Gasteiger partial charge in [0.1, 0.15) is 0 Å². The largest absolute Gasteiger partial charge is 0.465 e. The summed E-state index contributed by atoms with van der Waals surface area (Å²) in [6, 6.07) is 4.93. The third-order valence-electron chi connectivity index (χ3n) is 4.45. The molecule has 0 heterocycles. The van der Waals surface area contributed by atoms with E-state index in [0.29, 0.717) is 15.6 Å². The lowest BCUT2D eigenvalue weighted by Gasteiger charge is -2.38. The van der Waals surface area contributed by atoms with Gasteiger partial charge in [0.05, 0.1) is 19.6 Å². The first-order valence-electron chi connectivity index (χ1n) is 8.32. The summed E-state index contributed by atoms with van der Waals surface area (Å²) < 4.78 is 50.1. The van der Waals surface area contributed by atoms with Gasteiger partial charge >= 0.3 is 18.1 Å². The van der Waals surface area contributed by atoms with E-state index in [1.54, 1.807) is 32.0 Å². The molecule has 0 aliphatic heterocycles. The van der Waals surface area contributed by atoms with Crippen LogP contribution in [0, 0.1) is 5.41 Å². The van der Waals surface area contributed by atoms with Crippen LogP contribution in [0.5, 0.6) is 0 Å². The number of alkyl halides is 3. The molecule has 0 fully saturated rings. The summed E-state index contributed by atoms with van der Waals surface area (Å²) in [5, 5.41) is 0. The number of rotatable bonds is 5. The normalized spacial score (nSPS) is 18.8. The van der Waals surface area contributed by atoms with Gasteiger partial charge in [-0.1, -0.05) is 22.0 Å². The zero-order valence-electron chi connectivity index (χ0n) is 14.5. The fraction of sp³-hybridized carbons (Fsp3) is 0.556. The molecule has 1 aliphatic carbocycles. The molecule has 1 aromatic rings. The molecule has 4 nitrogen and oxygen atoms in total. The van der Waals surface area contributed by atoms with E-state index in [1.807, 2.05) is 0 Å². The average Bonchev–Trinajstić information content (AvgIpc) is 2.54. The molecular weight excluding hydrogens is 417 g/mol. The van der Waals surface area contributed by atoms with E-state index in [4.69, 9.17) is 9.47 Å². The van der Waals surface area contributed by atoms with Crippen LogP contribution in [0.1, 0.15) is 43.7 Å². The van der Waals surface area contributed by atoms with E-state index >= 15 is 0 Å². The van der Waals surface area contributed by atoms with Gasteiger partial charge in [0.15, 0.2) is 5.41 Å². The Balaban J connectivity index is 2.55. The molecule has 0 saturated heterocycles. The van der Waals surface area contributed by atoms with Gasteiger partial charge in [-0.25, -0.2) is 0 Å². The Bertz CT molecular complexity index is 670. The van der Waals surface area contributed by atoms with Crippen LogP contribution in [0.3, 0.4) is 0 Å². The molecule has 1 aliphatic rings. The third kappa shape index (κ3) is 4.39. The third-order valence-corrected chi connectivity index (χ3v) is 4.94. The lowest BCUT2D eigenvalue weighted by Crippen LogP contribution is -2.47. The number of fused-ring (bicyclic) bond motifs is 1. The van der Waals surface area contributed by atoms with Crippen molar-refractivity contribution in [2.45, 2.75) is 45.2 Å². The number of ether oxygens (including phenoxy) is 2. The highest BCUT2D eigenvalue weighted by Gasteiger charge is 2.54. The molecule has 1 unspecified atom stereocenters. The second-order valence-corrected chi connectivity index (χ2v) is 7.18. The molecule has 1 aromatic carbocycles. The van der Waals surface area contributed by atoms with Crippen molar-refractivity contribution >= 4 is 27.9 Å². The van der Waals surface area contributed by atoms with Crippen LogP contribution in [0.15, 0.2) is 22.7 Å². The van der Waals surface area contributed by atoms with Crippen LogP contribution < -0.4 is 0 Å². The maximum Gasteiger partial charge on any atom is 0.389 e. The summed E-state index contributed by atoms with van der Waals surface area (Å²) in [6.45, 7) is 3.21. The summed E-state index contributed by atoms with van der Waals surface area (Å²) in [5.74, 6) is -2.71. The molecule has 0 N–H and O–H groups in total. The van der Waals surface area contributed by atoms with Crippen LogP contribution >= 0.6 is 15.9 Å². The Labute approximate surface area is 158 Å². The second kappa shape index (κ2) is 7.98. The molecule has 0 amide bonds. The van der Waals surface area contributed by atoms with Gasteiger partial charge in [-0.15, -0.1) is 0 Å². The highest BCUT2D eigenvalue weighted by molar-refractivity contribution is 9.10. The molecule has 2 rings (SSSR count). The molecule has 0 bridgehead atoms. The molecule has 1 atom stereocenters. The molecule has 26 heavy (non-hydrogen) atoms. The van der Waals surface area contributed by atoms with Crippen molar-refractivity contribution in [3.05, 3.63) is 33.8 Å². The van der Waals surface area contributed by atoms with Crippen molar-refractivity contribution < 1.29 is 32.2 Å². The fourth-order valence-corrected chi connectivity index (χ4v) is 3.81. The van der Waals surface area contributed by atoms with E-state index < -0.39 is 35.9 Å². The smallest absolute Gasteiger partial charge is 0.389 e. The molecular formula is C18H20BrF3O4. The SMILES string of the molecule is CCOC(=O)C1(C(=O)OCC)Cc2ccc(Br)cc2C(CC(F)(F)F)C1. The van der Waals surface area contributed by atoms with Gasteiger partial charge in [-0.3, -0.25) is 9.59 Å². The van der Waals surface area contributed by atoms with Crippen LogP contribution in [-0.4, -0.2) is 31.3 Å². The Morgan fingerprint density at radius 2 is 1.77 bits per heavy atom. The van der Waals surface area contributed by atoms with Crippen molar-refractivity contribution in [2.75, 3.05) is 13.2 Å². The van der Waals surface area contributed by atoms with Gasteiger partial charge in [0.25, 0.3) is 0 Å². The summed E-state index contributed by atoms with van der Waals surface area (Å²) in [5.41, 5.74) is -0.751. The second-order valence-electron chi connectivity index (χ2n) is 6.26. The predicted molar refractivity (Wildman–Crippen MR) is 91.6 cm³/mol. The van der Waals surface area contributed by atoms with Crippen molar-refractivity contribution in [3.8, 4) is 0 Å². The number of esters is 2. The van der Waals surface area contributed by atoms with Gasteiger partial charge in [0.2, 0.25) is 0 Å². The molecule has 0 saturated carbocycles. The summed E-state index contributed by atoms with van der Waals surface area (Å²) in [7, 11) is 0. The summed E-state index contributed by atoms with van der Waals surface area (Å²) in [6.07, 6.45) is -5.90. The van der Waals surface area contributed by atoms with Crippen LogP contribution in [-0.2, 0) is 25.5 Å². The van der Waals surface area contributed by atoms with Crippen molar-refractivity contribution in [2.24, 2.45) is 5.41 Å². The van der Waals surface area contributed by atoms with Gasteiger partial charge < -0.3 is 9.47 Å². The van der Waals surface area contributed by atoms with Gasteiger partial charge in [0, 0.05) is 4.47 Å². The van der Waals surface area contributed by atoms with Crippen molar-refractivity contribution in [1.82, 2.24) is 0 Å². The lowest BCUT2D eigenvalue weighted by atomic mass is 9.66. The zero-order chi connectivity index (χ0) is 19.5. The van der Waals surface area contributed by atoms with Gasteiger partial charge in [-0.2, -0.15) is 13.2 Å². The Kier molecular flexibility index (Phi) is 6.37. The molecule has 0 aromatic heterocycles. The Hall–Kier alpha value is -1.57. The minimum absolute atomic E-state index is 0.0249. The zero-order valence-corrected chi connectivity index (χ0v) is 16.1. The summed E-state index contributed by atoms with van der Waals surface area (Å²) in [4.78, 5) is 25.2. The van der Waals surface area contributed by atoms with E-state index in [1.165, 1.54) is 0 Å². The van der Waals surface area contributed by atoms with Crippen LogP contribution in [0.2, 0.25) is 0 Å². The highest BCUT2D eigenvalue weighted by Crippen LogP contribution is 2.48. The van der Waals surface area contributed by atoms with E-state index in [0.717, 1.165) is 0 Å². The monoisotopic (exact) mass is 436 g/mol. The fourth-order valence-electron chi connectivity index (χ4n) is 3.43. The number of carbonyl (C=O) groups excluding carboxylic acids is 2. The van der Waals surface area contributed by atoms with E-state index in [9.17, 15) is 22.8 Å². The van der Waals surface area contributed by atoms with Crippen LogP contribution in [0.25, 0.3) is 0 Å². The average molecular weight is 437 g/mol. The quantitative estimate of drug-likeness (QED) is 0.502. The summed E-state index contributed by atoms with van der Waals surface area (Å²) >= 11 is 3.27. The first kappa shape index (κ1) is 20.7. The molecule has 0 radical (unpaired) electrons. The van der Waals surface area contributed by atoms with E-state index in [-0.39, 0.29) is 26.1 Å². The Morgan fingerprint density at radius 3 is 2.27 bits per heavy atom. The maximum atomic E-state index is 13.1. The first-order chi connectivity index (χ1) is 12.1. The van der Waals surface area contributed by atoms with Crippen LogP contribution in [0.4, 0.5) is 13.2 Å². The Morgan fingerprint density at radius 1 is 1.19 bits per heavy atom. The number of hydrogen-bond acceptors (Lipinski definition) is 4. The van der Waals surface area contributed by atoms with Gasteiger partial charge in [-0.05, 0) is 55.9 Å². The topological polar surface area (TPSA) is 52.6 Å². The molecule has 8 heteroatoms. The van der Waals surface area contributed by atoms with Crippen molar-refractivity contribution in [1.29, 1.82) is 0 Å². The standard InChI is InChI=1S/C18H20BrF3O4/c1-3-25-15(23)17(16(24)26-4-2)8-11-5-6-13(19)7-14(11)12(9-17)10-18(20,21)22/h5-7,12H,3-4,8-10H2,1-2H3. The van der Waals surface area contributed by atoms with E-state index in [2.05, 4.69) is 15.9 Å².